The van der Waals surface area contributed by atoms with Crippen molar-refractivity contribution < 1.29 is 9.53 Å². The zero-order valence-corrected chi connectivity index (χ0v) is 13.0. The van der Waals surface area contributed by atoms with E-state index < -0.39 is 5.97 Å². The lowest BCUT2D eigenvalue weighted by Crippen LogP contribution is -2.36. The van der Waals surface area contributed by atoms with Crippen LogP contribution in [-0.4, -0.2) is 47.5 Å². The van der Waals surface area contributed by atoms with Crippen LogP contribution in [0, 0.1) is 0 Å². The van der Waals surface area contributed by atoms with Crippen LogP contribution in [0.4, 0.5) is 10.8 Å². The maximum atomic E-state index is 11.9. The molecule has 20 heavy (non-hydrogen) atoms. The summed E-state index contributed by atoms with van der Waals surface area (Å²) in [6.45, 7) is 5.02. The van der Waals surface area contributed by atoms with Crippen LogP contribution < -0.4 is 11.1 Å². The van der Waals surface area contributed by atoms with Gasteiger partial charge in [-0.2, -0.15) is 4.37 Å². The minimum absolute atomic E-state index is 0.235. The molecule has 1 unspecified atom stereocenters. The van der Waals surface area contributed by atoms with E-state index in [9.17, 15) is 4.79 Å². The molecule has 1 fully saturated rings. The molecule has 1 atom stereocenters. The van der Waals surface area contributed by atoms with Crippen molar-refractivity contribution in [3.8, 4) is 0 Å². The van der Waals surface area contributed by atoms with Crippen LogP contribution in [0.2, 0.25) is 0 Å². The number of hydrogen-bond acceptors (Lipinski definition) is 7. The van der Waals surface area contributed by atoms with Crippen molar-refractivity contribution in [3.63, 3.8) is 0 Å². The van der Waals surface area contributed by atoms with Crippen molar-refractivity contribution in [1.82, 2.24) is 9.27 Å². The van der Waals surface area contributed by atoms with Crippen LogP contribution in [0.1, 0.15) is 37.0 Å². The number of ether oxygens (including phenoxy) is 1. The zero-order valence-electron chi connectivity index (χ0n) is 12.2. The fourth-order valence-electron chi connectivity index (χ4n) is 2.05. The molecule has 0 bridgehead atoms. The number of nitrogens with two attached hydrogens (primary N) is 1. The lowest BCUT2D eigenvalue weighted by molar-refractivity contribution is 0.0529. The lowest BCUT2D eigenvalue weighted by Gasteiger charge is -2.24. The molecule has 2 rings (SSSR count). The summed E-state index contributed by atoms with van der Waals surface area (Å²) in [6, 6.07) is 1.10. The average molecular weight is 298 g/mol. The monoisotopic (exact) mass is 298 g/mol. The van der Waals surface area contributed by atoms with E-state index in [0.29, 0.717) is 29.3 Å². The van der Waals surface area contributed by atoms with E-state index in [1.807, 2.05) is 0 Å². The van der Waals surface area contributed by atoms with Crippen molar-refractivity contribution in [3.05, 3.63) is 5.56 Å². The van der Waals surface area contributed by atoms with Gasteiger partial charge in [0, 0.05) is 18.6 Å². The summed E-state index contributed by atoms with van der Waals surface area (Å²) in [5, 5.41) is 3.96. The highest BCUT2D eigenvalue weighted by atomic mass is 32.1. The zero-order chi connectivity index (χ0) is 14.7. The number of nitrogens with zero attached hydrogens (tertiary/aromatic N) is 2. The Morgan fingerprint density at radius 2 is 2.35 bits per heavy atom. The molecule has 1 saturated carbocycles. The van der Waals surface area contributed by atoms with Crippen LogP contribution in [0.15, 0.2) is 0 Å². The molecular weight excluding hydrogens is 276 g/mol. The molecule has 0 amide bonds. The third-order valence-corrected chi connectivity index (χ3v) is 4.39. The van der Waals surface area contributed by atoms with Crippen LogP contribution in [-0.2, 0) is 4.74 Å². The molecule has 0 radical (unpaired) electrons. The van der Waals surface area contributed by atoms with Gasteiger partial charge in [-0.3, -0.25) is 4.90 Å². The Bertz CT molecular complexity index is 473. The molecule has 1 aliphatic rings. The number of carbonyl (C=O) groups is 1. The van der Waals surface area contributed by atoms with Crippen molar-refractivity contribution >= 4 is 28.3 Å². The average Bonchev–Trinajstić information content (AvgIpc) is 3.19. The normalized spacial score (nSPS) is 16.2. The van der Waals surface area contributed by atoms with E-state index in [2.05, 4.69) is 28.6 Å². The van der Waals surface area contributed by atoms with E-state index in [-0.39, 0.29) is 5.82 Å². The Balaban J connectivity index is 1.97. The quantitative estimate of drug-likeness (QED) is 0.747. The topological polar surface area (TPSA) is 80.5 Å². The largest absolute Gasteiger partial charge is 0.462 e. The molecule has 0 aliphatic heterocycles. The Morgan fingerprint density at radius 3 is 2.95 bits per heavy atom. The summed E-state index contributed by atoms with van der Waals surface area (Å²) in [7, 11) is 2.14. The van der Waals surface area contributed by atoms with E-state index in [0.717, 1.165) is 6.54 Å². The summed E-state index contributed by atoms with van der Waals surface area (Å²) in [5.41, 5.74) is 6.10. The number of nitrogen functional groups attached to an aromatic ring is 1. The number of esters is 1. The van der Waals surface area contributed by atoms with E-state index in [1.165, 1.54) is 24.4 Å². The number of carbonyl (C=O) groups excluding carboxylic acids is 1. The smallest absolute Gasteiger partial charge is 0.344 e. The van der Waals surface area contributed by atoms with Crippen molar-refractivity contribution in [2.24, 2.45) is 0 Å². The number of hydrogen-bond donors (Lipinski definition) is 2. The van der Waals surface area contributed by atoms with Gasteiger partial charge < -0.3 is 15.8 Å². The third kappa shape index (κ3) is 3.40. The minimum atomic E-state index is -0.413. The molecule has 7 heteroatoms. The molecule has 6 nitrogen and oxygen atoms in total. The summed E-state index contributed by atoms with van der Waals surface area (Å²) in [5.74, 6) is -0.177. The van der Waals surface area contributed by atoms with Gasteiger partial charge in [0.1, 0.15) is 10.6 Å². The predicted molar refractivity (Wildman–Crippen MR) is 81.2 cm³/mol. The fourth-order valence-corrected chi connectivity index (χ4v) is 2.76. The molecule has 1 aromatic heterocycles. The standard InChI is InChI=1S/C13H22N4O2S/c1-4-19-13(18)10-11(14)16-20-12(10)15-7-8(2)17(3)9-5-6-9/h8-9,15H,4-7H2,1-3H3,(H2,14,16). The second-order valence-corrected chi connectivity index (χ2v) is 5.89. The van der Waals surface area contributed by atoms with E-state index >= 15 is 0 Å². The first-order chi connectivity index (χ1) is 9.54. The highest BCUT2D eigenvalue weighted by molar-refractivity contribution is 7.11. The van der Waals surface area contributed by atoms with Gasteiger partial charge in [-0.15, -0.1) is 0 Å². The number of rotatable bonds is 7. The van der Waals surface area contributed by atoms with Crippen molar-refractivity contribution in [2.45, 2.75) is 38.8 Å². The summed E-state index contributed by atoms with van der Waals surface area (Å²) >= 11 is 1.20. The van der Waals surface area contributed by atoms with Crippen LogP contribution in [0.25, 0.3) is 0 Å². The van der Waals surface area contributed by atoms with Gasteiger partial charge in [0.2, 0.25) is 0 Å². The van der Waals surface area contributed by atoms with Crippen LogP contribution in [0.5, 0.6) is 0 Å². The number of anilines is 2. The summed E-state index contributed by atoms with van der Waals surface area (Å²) in [6.07, 6.45) is 2.56. The Morgan fingerprint density at radius 1 is 1.65 bits per heavy atom. The van der Waals surface area contributed by atoms with Gasteiger partial charge in [-0.1, -0.05) is 0 Å². The molecule has 0 saturated heterocycles. The lowest BCUT2D eigenvalue weighted by atomic mass is 10.2. The van der Waals surface area contributed by atoms with E-state index in [4.69, 9.17) is 10.5 Å². The van der Waals surface area contributed by atoms with Crippen molar-refractivity contribution in [2.75, 3.05) is 31.2 Å². The van der Waals surface area contributed by atoms with Crippen LogP contribution in [0.3, 0.4) is 0 Å². The first-order valence-electron chi connectivity index (χ1n) is 6.92. The molecule has 0 spiro atoms. The maximum Gasteiger partial charge on any atom is 0.344 e. The molecule has 112 valence electrons. The third-order valence-electron chi connectivity index (χ3n) is 3.57. The number of nitrogens with one attached hydrogen (secondary N) is 1. The van der Waals surface area contributed by atoms with Gasteiger partial charge in [-0.05, 0) is 45.3 Å². The first kappa shape index (κ1) is 15.1. The fraction of sp³-hybridized carbons (Fsp3) is 0.692. The molecule has 1 heterocycles. The van der Waals surface area contributed by atoms with Gasteiger partial charge in [0.15, 0.2) is 5.82 Å². The Kier molecular flexibility index (Phi) is 4.82. The molecule has 0 aromatic carbocycles. The highest BCUT2D eigenvalue weighted by Crippen LogP contribution is 2.29. The van der Waals surface area contributed by atoms with E-state index in [1.54, 1.807) is 6.92 Å². The maximum absolute atomic E-state index is 11.9. The van der Waals surface area contributed by atoms with Gasteiger partial charge in [0.05, 0.1) is 6.61 Å². The molecular formula is C13H22N4O2S. The summed E-state index contributed by atoms with van der Waals surface area (Å²) in [4.78, 5) is 14.2. The van der Waals surface area contributed by atoms with Crippen molar-refractivity contribution in [1.29, 1.82) is 0 Å². The minimum Gasteiger partial charge on any atom is -0.462 e. The second-order valence-electron chi connectivity index (χ2n) is 5.12. The molecule has 1 aliphatic carbocycles. The second kappa shape index (κ2) is 6.41. The van der Waals surface area contributed by atoms with Crippen LogP contribution >= 0.6 is 11.5 Å². The first-order valence-corrected chi connectivity index (χ1v) is 7.70. The Hall–Kier alpha value is -1.34. The Labute approximate surface area is 123 Å². The molecule has 1 aromatic rings. The highest BCUT2D eigenvalue weighted by Gasteiger charge is 2.29. The van der Waals surface area contributed by atoms with Gasteiger partial charge in [0.25, 0.3) is 0 Å². The number of aromatic nitrogens is 1. The SMILES string of the molecule is CCOC(=O)c1c(N)nsc1NCC(C)N(C)C1CC1. The number of likely N-dealkylation sites (N-methyl/N-ethyl adjacent to an activating group) is 1. The van der Waals surface area contributed by atoms with Gasteiger partial charge >= 0.3 is 5.97 Å². The van der Waals surface area contributed by atoms with Gasteiger partial charge in [-0.25, -0.2) is 4.79 Å². The molecule has 3 N–H and O–H groups in total. The predicted octanol–water partition coefficient (Wildman–Crippen LogP) is 1.80. The summed E-state index contributed by atoms with van der Waals surface area (Å²) < 4.78 is 9.04.